The van der Waals surface area contributed by atoms with Crippen LogP contribution in [-0.4, -0.2) is 31.3 Å². The average molecular weight is 430 g/mol. The number of hydrogen-bond acceptors (Lipinski definition) is 5. The Morgan fingerprint density at radius 2 is 1.81 bits per heavy atom. The second-order valence-corrected chi connectivity index (χ2v) is 7.30. The van der Waals surface area contributed by atoms with E-state index >= 15 is 0 Å². The summed E-state index contributed by atoms with van der Waals surface area (Å²) in [6, 6.07) is 19.6. The summed E-state index contributed by atoms with van der Waals surface area (Å²) in [6.45, 7) is 0.358. The first-order chi connectivity index (χ1) is 15.6. The molecule has 1 aliphatic rings. The van der Waals surface area contributed by atoms with E-state index in [0.29, 0.717) is 23.6 Å². The Kier molecular flexibility index (Phi) is 6.37. The topological polar surface area (TPSA) is 112 Å². The van der Waals surface area contributed by atoms with Crippen molar-refractivity contribution >= 4 is 28.4 Å². The molecule has 8 heteroatoms. The number of benzene rings is 3. The van der Waals surface area contributed by atoms with Gasteiger partial charge >= 0.3 is 6.03 Å². The van der Waals surface area contributed by atoms with Gasteiger partial charge in [0.2, 0.25) is 12.7 Å². The lowest BCUT2D eigenvalue weighted by atomic mass is 10.0. The SMILES string of the molecule is N#CCCNC(=O)C(Cc1ccc2ccccc2c1)NC(=O)Nc1ccc2c(c1)OCO2. The summed E-state index contributed by atoms with van der Waals surface area (Å²) in [7, 11) is 0. The number of rotatable bonds is 7. The number of carbonyl (C=O) groups excluding carboxylic acids is 2. The fourth-order valence-corrected chi connectivity index (χ4v) is 3.48. The van der Waals surface area contributed by atoms with E-state index in [1.807, 2.05) is 48.5 Å². The molecule has 3 aromatic rings. The zero-order valence-corrected chi connectivity index (χ0v) is 17.3. The lowest BCUT2D eigenvalue weighted by Gasteiger charge is -2.19. The van der Waals surface area contributed by atoms with Crippen LogP contribution < -0.4 is 25.4 Å². The van der Waals surface area contributed by atoms with Crippen LogP contribution in [0.3, 0.4) is 0 Å². The van der Waals surface area contributed by atoms with E-state index < -0.39 is 12.1 Å². The first kappa shape index (κ1) is 21.0. The van der Waals surface area contributed by atoms with Crippen LogP contribution in [0.1, 0.15) is 12.0 Å². The van der Waals surface area contributed by atoms with Gasteiger partial charge < -0.3 is 25.4 Å². The molecule has 1 aliphatic heterocycles. The number of urea groups is 1. The van der Waals surface area contributed by atoms with Crippen molar-refractivity contribution in [2.75, 3.05) is 18.7 Å². The molecule has 0 saturated carbocycles. The molecule has 162 valence electrons. The molecule has 1 atom stereocenters. The Labute approximate surface area is 185 Å². The number of amides is 3. The smallest absolute Gasteiger partial charge is 0.319 e. The van der Waals surface area contributed by atoms with Gasteiger partial charge in [-0.1, -0.05) is 42.5 Å². The number of hydrogen-bond donors (Lipinski definition) is 3. The van der Waals surface area contributed by atoms with Crippen molar-refractivity contribution in [1.82, 2.24) is 10.6 Å². The van der Waals surface area contributed by atoms with Crippen molar-refractivity contribution in [3.63, 3.8) is 0 Å². The van der Waals surface area contributed by atoms with Crippen molar-refractivity contribution in [1.29, 1.82) is 5.26 Å². The second-order valence-electron chi connectivity index (χ2n) is 7.30. The van der Waals surface area contributed by atoms with Gasteiger partial charge in [0.05, 0.1) is 12.5 Å². The summed E-state index contributed by atoms with van der Waals surface area (Å²) < 4.78 is 10.6. The van der Waals surface area contributed by atoms with E-state index in [-0.39, 0.29) is 25.7 Å². The zero-order valence-electron chi connectivity index (χ0n) is 17.3. The van der Waals surface area contributed by atoms with Gasteiger partial charge in [-0.25, -0.2) is 4.79 Å². The van der Waals surface area contributed by atoms with Gasteiger partial charge in [-0.3, -0.25) is 4.79 Å². The second kappa shape index (κ2) is 9.71. The van der Waals surface area contributed by atoms with Crippen LogP contribution in [0.4, 0.5) is 10.5 Å². The Bertz CT molecular complexity index is 1190. The minimum atomic E-state index is -0.816. The minimum absolute atomic E-state index is 0.141. The predicted octanol–water partition coefficient (Wildman–Crippen LogP) is 3.33. The molecule has 0 spiro atoms. The molecule has 3 N–H and O–H groups in total. The van der Waals surface area contributed by atoms with Crippen LogP contribution in [0, 0.1) is 11.3 Å². The van der Waals surface area contributed by atoms with Gasteiger partial charge in [0.15, 0.2) is 11.5 Å². The van der Waals surface area contributed by atoms with Crippen molar-refractivity contribution in [3.05, 3.63) is 66.2 Å². The van der Waals surface area contributed by atoms with Gasteiger partial charge in [-0.15, -0.1) is 0 Å². The number of carbonyl (C=O) groups is 2. The normalized spacial score (nSPS) is 12.6. The molecule has 1 heterocycles. The average Bonchev–Trinajstić information content (AvgIpc) is 3.26. The molecule has 0 aliphatic carbocycles. The Morgan fingerprint density at radius 3 is 2.66 bits per heavy atom. The molecule has 0 saturated heterocycles. The molecule has 8 nitrogen and oxygen atoms in total. The first-order valence-electron chi connectivity index (χ1n) is 10.2. The number of nitriles is 1. The molecule has 1 unspecified atom stereocenters. The molecule has 0 aromatic heterocycles. The monoisotopic (exact) mass is 430 g/mol. The van der Waals surface area contributed by atoms with Crippen molar-refractivity contribution in [3.8, 4) is 17.6 Å². The fourth-order valence-electron chi connectivity index (χ4n) is 3.48. The van der Waals surface area contributed by atoms with E-state index in [0.717, 1.165) is 16.3 Å². The van der Waals surface area contributed by atoms with E-state index in [9.17, 15) is 9.59 Å². The molecule has 32 heavy (non-hydrogen) atoms. The van der Waals surface area contributed by atoms with Crippen molar-refractivity contribution in [2.45, 2.75) is 18.9 Å². The number of nitrogens with zero attached hydrogens (tertiary/aromatic N) is 1. The highest BCUT2D eigenvalue weighted by Gasteiger charge is 2.22. The predicted molar refractivity (Wildman–Crippen MR) is 119 cm³/mol. The Balaban J connectivity index is 1.47. The van der Waals surface area contributed by atoms with Crippen LogP contribution in [0.5, 0.6) is 11.5 Å². The number of nitrogens with one attached hydrogen (secondary N) is 3. The molecule has 3 amide bonds. The van der Waals surface area contributed by atoms with Gasteiger partial charge in [-0.05, 0) is 28.5 Å². The van der Waals surface area contributed by atoms with E-state index in [1.54, 1.807) is 18.2 Å². The van der Waals surface area contributed by atoms with Crippen LogP contribution in [-0.2, 0) is 11.2 Å². The Morgan fingerprint density at radius 1 is 1.00 bits per heavy atom. The van der Waals surface area contributed by atoms with E-state index in [2.05, 4.69) is 16.0 Å². The molecule has 3 aromatic carbocycles. The maximum absolute atomic E-state index is 12.7. The Hall–Kier alpha value is -4.25. The highest BCUT2D eigenvalue weighted by atomic mass is 16.7. The van der Waals surface area contributed by atoms with Gasteiger partial charge in [-0.2, -0.15) is 5.26 Å². The van der Waals surface area contributed by atoms with Gasteiger partial charge in [0, 0.05) is 24.7 Å². The van der Waals surface area contributed by atoms with Crippen LogP contribution in [0.25, 0.3) is 10.8 Å². The maximum atomic E-state index is 12.7. The third-order valence-corrected chi connectivity index (χ3v) is 5.04. The zero-order chi connectivity index (χ0) is 22.3. The first-order valence-corrected chi connectivity index (χ1v) is 10.2. The quantitative estimate of drug-likeness (QED) is 0.498. The third-order valence-electron chi connectivity index (χ3n) is 5.04. The summed E-state index contributed by atoms with van der Waals surface area (Å²) in [4.78, 5) is 25.4. The highest BCUT2D eigenvalue weighted by molar-refractivity contribution is 5.94. The van der Waals surface area contributed by atoms with E-state index in [1.165, 1.54) is 0 Å². The van der Waals surface area contributed by atoms with Crippen molar-refractivity contribution < 1.29 is 19.1 Å². The molecule has 0 fully saturated rings. The lowest BCUT2D eigenvalue weighted by molar-refractivity contribution is -0.122. The standard InChI is InChI=1S/C24H22N4O4/c25-10-3-11-26-23(29)20(13-16-6-7-17-4-1-2-5-18(17)12-16)28-24(30)27-19-8-9-21-22(14-19)32-15-31-21/h1-2,4-9,12,14,20H,3,11,13,15H2,(H,26,29)(H2,27,28,30). The van der Waals surface area contributed by atoms with Gasteiger partial charge in [0.1, 0.15) is 6.04 Å². The molecular formula is C24H22N4O4. The number of fused-ring (bicyclic) bond motifs is 2. The maximum Gasteiger partial charge on any atom is 0.319 e. The highest BCUT2D eigenvalue weighted by Crippen LogP contribution is 2.34. The summed E-state index contributed by atoms with van der Waals surface area (Å²) in [5.74, 6) is 0.806. The van der Waals surface area contributed by atoms with Crippen LogP contribution >= 0.6 is 0 Å². The van der Waals surface area contributed by atoms with Crippen molar-refractivity contribution in [2.24, 2.45) is 0 Å². The summed E-state index contributed by atoms with van der Waals surface area (Å²) in [5.41, 5.74) is 1.42. The fraction of sp³-hybridized carbons (Fsp3) is 0.208. The molecule has 0 bridgehead atoms. The molecule has 4 rings (SSSR count). The summed E-state index contributed by atoms with van der Waals surface area (Å²) >= 11 is 0. The molecular weight excluding hydrogens is 408 g/mol. The number of anilines is 1. The van der Waals surface area contributed by atoms with Crippen LogP contribution in [0.2, 0.25) is 0 Å². The van der Waals surface area contributed by atoms with Crippen LogP contribution in [0.15, 0.2) is 60.7 Å². The minimum Gasteiger partial charge on any atom is -0.454 e. The third kappa shape index (κ3) is 5.08. The van der Waals surface area contributed by atoms with Gasteiger partial charge in [0.25, 0.3) is 0 Å². The summed E-state index contributed by atoms with van der Waals surface area (Å²) in [5, 5.41) is 19.0. The summed E-state index contributed by atoms with van der Waals surface area (Å²) in [6.07, 6.45) is 0.496. The van der Waals surface area contributed by atoms with E-state index in [4.69, 9.17) is 14.7 Å². The molecule has 0 radical (unpaired) electrons. The number of ether oxygens (including phenoxy) is 2. The largest absolute Gasteiger partial charge is 0.454 e. The lowest BCUT2D eigenvalue weighted by Crippen LogP contribution is -2.49.